The number of β-amino-alcohol motifs (C(OH)–C–C–N with tert-alkyl or cyclic N) is 1. The normalized spacial score (nSPS) is 16.6. The molecule has 0 spiro atoms. The van der Waals surface area contributed by atoms with Gasteiger partial charge in [0.2, 0.25) is 11.9 Å². The number of aryl methyl sites for hydroxylation is 2. The van der Waals surface area contributed by atoms with E-state index < -0.39 is 23.5 Å². The summed E-state index contributed by atoms with van der Waals surface area (Å²) in [7, 11) is 3.50. The lowest BCUT2D eigenvalue weighted by molar-refractivity contribution is -0.146. The molecule has 1 aliphatic carbocycles. The average Bonchev–Trinajstić information content (AvgIpc) is 4.19. The van der Waals surface area contributed by atoms with Gasteiger partial charge in [0.1, 0.15) is 17.1 Å². The van der Waals surface area contributed by atoms with E-state index in [1.165, 1.54) is 4.90 Å². The molecule has 386 valence electrons. The molecule has 72 heavy (non-hydrogen) atoms. The molecule has 3 atom stereocenters. The second-order valence-corrected chi connectivity index (χ2v) is 20.9. The zero-order valence-corrected chi connectivity index (χ0v) is 43.3. The number of hydrogen-bond donors (Lipinski definition) is 3. The summed E-state index contributed by atoms with van der Waals surface area (Å²) in [6, 6.07) is 16.5. The number of benzene rings is 2. The number of hydrogen-bond acceptors (Lipinski definition) is 14. The van der Waals surface area contributed by atoms with Crippen molar-refractivity contribution in [2.45, 2.75) is 104 Å². The lowest BCUT2D eigenvalue weighted by Gasteiger charge is -2.34. The Balaban J connectivity index is 0.748. The molecule has 2 aliphatic rings. The Bertz CT molecular complexity index is 2640. The van der Waals surface area contributed by atoms with Crippen molar-refractivity contribution in [1.29, 1.82) is 0 Å². The molecule has 3 N–H and O–H groups in total. The molecule has 2 fully saturated rings. The van der Waals surface area contributed by atoms with Crippen LogP contribution in [-0.2, 0) is 35.0 Å². The first kappa shape index (κ1) is 53.9. The molecule has 1 aliphatic heterocycles. The van der Waals surface area contributed by atoms with E-state index in [0.29, 0.717) is 62.3 Å². The van der Waals surface area contributed by atoms with Crippen LogP contribution < -0.4 is 10.6 Å². The van der Waals surface area contributed by atoms with Gasteiger partial charge in [-0.25, -0.2) is 9.97 Å². The number of aliphatic hydroxyl groups excluding tert-OH is 1. The Kier molecular flexibility index (Phi) is 18.8. The van der Waals surface area contributed by atoms with Gasteiger partial charge in [-0.3, -0.25) is 24.0 Å². The lowest BCUT2D eigenvalue weighted by Crippen LogP contribution is -2.47. The molecule has 0 radical (unpaired) electrons. The highest BCUT2D eigenvalue weighted by Crippen LogP contribution is 2.36. The number of nitrogens with zero attached hydrogens (tertiary/aromatic N) is 6. The molecule has 3 amide bonds. The van der Waals surface area contributed by atoms with Gasteiger partial charge in [-0.05, 0) is 73.1 Å². The Morgan fingerprint density at radius 2 is 1.57 bits per heavy atom. The number of Topliss-reactive ketones (excluding diaryl/α,β-unsaturated/α-hetero) is 2. The van der Waals surface area contributed by atoms with E-state index >= 15 is 0 Å². The van der Waals surface area contributed by atoms with Gasteiger partial charge in [-0.2, -0.15) is 4.98 Å². The molecule has 0 unspecified atom stereocenters. The third-order valence-electron chi connectivity index (χ3n) is 13.4. The van der Waals surface area contributed by atoms with Gasteiger partial charge < -0.3 is 44.3 Å². The fourth-order valence-electron chi connectivity index (χ4n) is 9.39. The maximum absolute atomic E-state index is 14.0. The Morgan fingerprint density at radius 3 is 2.22 bits per heavy atom. The molecular formula is C54H70N8O9S. The number of rotatable bonds is 25. The Labute approximate surface area is 426 Å². The SMILES string of the molecule is Cc1ncsc1-c1ccc(CCC(=O)[C@@H]2C[C@@H](O)CN2C(=O)[C@@H](CC(=O)CCOCCOCCOCCNC(=O)c2ccc(Nc3ncc4cc(C(=O)N(C)C)n(C5CCCC5)c4n3)cc2)C(C)(C)C)cc1. The van der Waals surface area contributed by atoms with Crippen molar-refractivity contribution >= 4 is 63.3 Å². The van der Waals surface area contributed by atoms with Crippen molar-refractivity contribution in [3.05, 3.63) is 88.8 Å². The molecule has 2 aromatic carbocycles. The minimum atomic E-state index is -0.805. The van der Waals surface area contributed by atoms with Crippen molar-refractivity contribution in [2.75, 3.05) is 72.1 Å². The fraction of sp³-hybridized carbons (Fsp3) is 0.519. The number of aromatic nitrogens is 4. The van der Waals surface area contributed by atoms with Crippen LogP contribution in [0.15, 0.2) is 66.3 Å². The second-order valence-electron chi connectivity index (χ2n) is 20.0. The number of likely N-dealkylation sites (tertiary alicyclic amines) is 1. The van der Waals surface area contributed by atoms with E-state index in [4.69, 9.17) is 19.2 Å². The van der Waals surface area contributed by atoms with E-state index in [-0.39, 0.29) is 80.8 Å². The van der Waals surface area contributed by atoms with Gasteiger partial charge in [-0.1, -0.05) is 57.9 Å². The number of carbonyl (C=O) groups excluding carboxylic acids is 5. The van der Waals surface area contributed by atoms with Crippen molar-refractivity contribution in [3.8, 4) is 10.4 Å². The van der Waals surface area contributed by atoms with Crippen molar-refractivity contribution < 1.29 is 43.3 Å². The summed E-state index contributed by atoms with van der Waals surface area (Å²) in [5.74, 6) is -1.05. The predicted octanol–water partition coefficient (Wildman–Crippen LogP) is 7.38. The Morgan fingerprint density at radius 1 is 0.889 bits per heavy atom. The average molecular weight is 1010 g/mol. The van der Waals surface area contributed by atoms with Crippen molar-refractivity contribution in [3.63, 3.8) is 0 Å². The third kappa shape index (κ3) is 14.2. The molecule has 7 rings (SSSR count). The smallest absolute Gasteiger partial charge is 0.270 e. The number of amides is 3. The molecule has 4 heterocycles. The minimum absolute atomic E-state index is 0.0110. The first-order valence-corrected chi connectivity index (χ1v) is 26.0. The maximum Gasteiger partial charge on any atom is 0.270 e. The van der Waals surface area contributed by atoms with E-state index in [2.05, 4.69) is 25.2 Å². The lowest BCUT2D eigenvalue weighted by atomic mass is 9.76. The second kappa shape index (κ2) is 25.2. The molecule has 3 aromatic heterocycles. The van der Waals surface area contributed by atoms with Gasteiger partial charge in [0.05, 0.1) is 67.9 Å². The standard InChI is InChI=1S/C54H70N8O9S/c1-35-48(72-34-57-35)37-14-11-36(12-15-37)13-20-47(65)45-31-43(64)33-61(45)51(67)44(54(2,3)4)30-42(63)21-23-69-25-27-71-28-26-70-24-22-55-50(66)38-16-18-40(19-17-38)58-53-56-32-39-29-46(52(68)60(5)6)62(49(39)59-53)41-9-7-8-10-41/h11-12,14-19,29,32,34,41,43-45,64H,7-10,13,20-28,30-31,33H2,1-6H3,(H,55,66)(H,56,58,59)/t43-,44-,45+/m1/s1. The van der Waals surface area contributed by atoms with E-state index in [0.717, 1.165) is 58.4 Å². The van der Waals surface area contributed by atoms with E-state index in [9.17, 15) is 29.1 Å². The van der Waals surface area contributed by atoms with Gasteiger partial charge in [0.15, 0.2) is 5.78 Å². The van der Waals surface area contributed by atoms with Crippen LogP contribution in [0.25, 0.3) is 21.5 Å². The van der Waals surface area contributed by atoms with E-state index in [1.807, 2.05) is 63.5 Å². The molecule has 1 saturated carbocycles. The van der Waals surface area contributed by atoms with E-state index in [1.54, 1.807) is 60.8 Å². The molecule has 0 bridgehead atoms. The summed E-state index contributed by atoms with van der Waals surface area (Å²) >= 11 is 1.59. The van der Waals surface area contributed by atoms with Crippen LogP contribution in [0.2, 0.25) is 0 Å². The maximum atomic E-state index is 14.0. The van der Waals surface area contributed by atoms with Crippen LogP contribution >= 0.6 is 11.3 Å². The third-order valence-corrected chi connectivity index (χ3v) is 14.4. The molecular weight excluding hydrogens is 937 g/mol. The molecule has 18 heteroatoms. The number of fused-ring (bicyclic) bond motifs is 1. The summed E-state index contributed by atoms with van der Waals surface area (Å²) in [6.07, 6.45) is 6.26. The summed E-state index contributed by atoms with van der Waals surface area (Å²) in [5.41, 5.74) is 6.89. The summed E-state index contributed by atoms with van der Waals surface area (Å²) in [5, 5.41) is 17.5. The van der Waals surface area contributed by atoms with Crippen LogP contribution in [0, 0.1) is 18.3 Å². The number of aliphatic hydroxyl groups is 1. The van der Waals surface area contributed by atoms with Crippen molar-refractivity contribution in [1.82, 2.24) is 34.6 Å². The van der Waals surface area contributed by atoms with Gasteiger partial charge in [0.25, 0.3) is 11.8 Å². The highest BCUT2D eigenvalue weighted by Gasteiger charge is 2.44. The van der Waals surface area contributed by atoms with Crippen LogP contribution in [0.1, 0.15) is 110 Å². The molecule has 5 aromatic rings. The van der Waals surface area contributed by atoms with Crippen LogP contribution in [0.3, 0.4) is 0 Å². The fourth-order valence-corrected chi connectivity index (χ4v) is 10.2. The Hall–Kier alpha value is -5.92. The first-order valence-electron chi connectivity index (χ1n) is 25.1. The van der Waals surface area contributed by atoms with Gasteiger partial charge in [0, 0.05) is 87.7 Å². The minimum Gasteiger partial charge on any atom is -0.391 e. The van der Waals surface area contributed by atoms with Crippen molar-refractivity contribution in [2.24, 2.45) is 11.3 Å². The van der Waals surface area contributed by atoms with Crippen LogP contribution in [0.5, 0.6) is 0 Å². The number of ether oxygens (including phenoxy) is 3. The predicted molar refractivity (Wildman–Crippen MR) is 276 cm³/mol. The number of thiazole rings is 1. The van der Waals surface area contributed by atoms with Crippen LogP contribution in [0.4, 0.5) is 11.6 Å². The highest BCUT2D eigenvalue weighted by atomic mass is 32.1. The number of ketones is 2. The zero-order chi connectivity index (χ0) is 51.4. The monoisotopic (exact) mass is 1010 g/mol. The quantitative estimate of drug-likeness (QED) is 0.0489. The molecule has 1 saturated heterocycles. The highest BCUT2D eigenvalue weighted by molar-refractivity contribution is 7.13. The largest absolute Gasteiger partial charge is 0.391 e. The summed E-state index contributed by atoms with van der Waals surface area (Å²) < 4.78 is 19.0. The molecule has 17 nitrogen and oxygen atoms in total. The van der Waals surface area contributed by atoms with Crippen LogP contribution in [-0.4, -0.2) is 143 Å². The summed E-state index contributed by atoms with van der Waals surface area (Å²) in [6.45, 7) is 9.82. The topological polar surface area (TPSA) is 207 Å². The number of nitrogens with one attached hydrogen (secondary N) is 2. The zero-order valence-electron chi connectivity index (χ0n) is 42.5. The van der Waals surface area contributed by atoms with Gasteiger partial charge in [-0.15, -0.1) is 11.3 Å². The number of carbonyl (C=O) groups is 5. The first-order chi connectivity index (χ1) is 34.6. The number of anilines is 2. The van der Waals surface area contributed by atoms with Gasteiger partial charge >= 0.3 is 0 Å². The summed E-state index contributed by atoms with van der Waals surface area (Å²) in [4.78, 5) is 84.5.